The van der Waals surface area contributed by atoms with Crippen molar-refractivity contribution in [1.29, 1.82) is 0 Å². The van der Waals surface area contributed by atoms with E-state index in [1.165, 1.54) is 4.90 Å². The first-order valence-corrected chi connectivity index (χ1v) is 8.09. The minimum atomic E-state index is -0.571. The summed E-state index contributed by atoms with van der Waals surface area (Å²) in [6.07, 6.45) is 0.637. The number of rotatable bonds is 1. The third-order valence-corrected chi connectivity index (χ3v) is 3.55. The van der Waals surface area contributed by atoms with Crippen molar-refractivity contribution in [3.05, 3.63) is 29.3 Å². The average molecular weight is 314 g/mol. The van der Waals surface area contributed by atoms with E-state index < -0.39 is 11.9 Å². The summed E-state index contributed by atoms with van der Waals surface area (Å²) < 4.78 is 0. The van der Waals surface area contributed by atoms with Gasteiger partial charge in [-0.05, 0) is 12.0 Å². The van der Waals surface area contributed by atoms with Crippen LogP contribution in [0.3, 0.4) is 0 Å². The first-order valence-electron chi connectivity index (χ1n) is 8.09. The van der Waals surface area contributed by atoms with E-state index in [-0.39, 0.29) is 18.2 Å². The third kappa shape index (κ3) is 4.00. The Morgan fingerprint density at radius 2 is 1.78 bits per heavy atom. The first-order chi connectivity index (χ1) is 11.1. The summed E-state index contributed by atoms with van der Waals surface area (Å²) in [6.45, 7) is 8.39. The Morgan fingerprint density at radius 1 is 1.13 bits per heavy atom. The molecule has 0 aromatic heterocycles. The Labute approximate surface area is 138 Å². The quantitative estimate of drug-likeness (QED) is 0.627. The number of benzene rings is 1. The molecule has 0 bridgehead atoms. The molecule has 1 saturated heterocycles. The number of nitrogens with one attached hydrogen (secondary N) is 1. The summed E-state index contributed by atoms with van der Waals surface area (Å²) in [7, 11) is 5.67. The first kappa shape index (κ1) is 18.9. The van der Waals surface area contributed by atoms with E-state index in [0.29, 0.717) is 24.0 Å². The van der Waals surface area contributed by atoms with E-state index in [4.69, 9.17) is 7.85 Å². The Hall–Kier alpha value is -2.11. The molecule has 2 aliphatic rings. The van der Waals surface area contributed by atoms with Crippen LogP contribution in [0.15, 0.2) is 18.2 Å². The van der Waals surface area contributed by atoms with Gasteiger partial charge in [0.2, 0.25) is 11.8 Å². The summed E-state index contributed by atoms with van der Waals surface area (Å²) in [5, 5.41) is 2.27. The van der Waals surface area contributed by atoms with Crippen LogP contribution in [0, 0.1) is 0 Å². The number of imide groups is 1. The Morgan fingerprint density at radius 3 is 2.39 bits per heavy atom. The molecule has 1 aromatic rings. The van der Waals surface area contributed by atoms with E-state index in [0.717, 1.165) is 5.56 Å². The van der Waals surface area contributed by atoms with Gasteiger partial charge in [-0.2, -0.15) is 0 Å². The van der Waals surface area contributed by atoms with Crippen LogP contribution in [-0.4, -0.2) is 36.5 Å². The molecular formula is C17H23BN2O3. The van der Waals surface area contributed by atoms with Crippen LogP contribution in [0.2, 0.25) is 0 Å². The van der Waals surface area contributed by atoms with Gasteiger partial charge in [-0.3, -0.25) is 19.7 Å². The highest BCUT2D eigenvalue weighted by molar-refractivity contribution is 6.32. The predicted octanol–water partition coefficient (Wildman–Crippen LogP) is 1.29. The van der Waals surface area contributed by atoms with Gasteiger partial charge < -0.3 is 4.90 Å². The monoisotopic (exact) mass is 314 g/mol. The molecular weight excluding hydrogens is 291 g/mol. The van der Waals surface area contributed by atoms with Gasteiger partial charge in [-0.15, -0.1) is 0 Å². The van der Waals surface area contributed by atoms with Gasteiger partial charge in [-0.1, -0.05) is 51.4 Å². The molecule has 3 amide bonds. The van der Waals surface area contributed by atoms with Crippen molar-refractivity contribution >= 4 is 31.0 Å². The summed E-state index contributed by atoms with van der Waals surface area (Å²) >= 11 is 0. The molecule has 0 saturated carbocycles. The number of amides is 3. The molecule has 2 aliphatic heterocycles. The van der Waals surface area contributed by atoms with E-state index in [1.807, 2.05) is 27.7 Å². The van der Waals surface area contributed by atoms with E-state index in [9.17, 15) is 14.4 Å². The lowest BCUT2D eigenvalue weighted by molar-refractivity contribution is -0.136. The summed E-state index contributed by atoms with van der Waals surface area (Å²) in [5.74, 6) is -0.878. The van der Waals surface area contributed by atoms with Gasteiger partial charge in [0.1, 0.15) is 13.9 Å². The zero-order valence-corrected chi connectivity index (χ0v) is 14.2. The van der Waals surface area contributed by atoms with Crippen molar-refractivity contribution in [2.75, 3.05) is 0 Å². The van der Waals surface area contributed by atoms with E-state index in [2.05, 4.69) is 5.32 Å². The van der Waals surface area contributed by atoms with Crippen molar-refractivity contribution in [3.63, 3.8) is 0 Å². The van der Waals surface area contributed by atoms with Crippen LogP contribution in [0.1, 0.15) is 56.5 Å². The van der Waals surface area contributed by atoms with Crippen molar-refractivity contribution in [1.82, 2.24) is 10.2 Å². The van der Waals surface area contributed by atoms with Crippen LogP contribution in [0.5, 0.6) is 0 Å². The lowest BCUT2D eigenvalue weighted by atomic mass is 9.93. The summed E-state index contributed by atoms with van der Waals surface area (Å²) in [6, 6.07) is 4.59. The zero-order valence-electron chi connectivity index (χ0n) is 14.2. The van der Waals surface area contributed by atoms with Crippen LogP contribution in [0.4, 0.5) is 0 Å². The van der Waals surface area contributed by atoms with Crippen molar-refractivity contribution in [2.45, 2.75) is 53.1 Å². The smallest absolute Gasteiger partial charge is 0.255 e. The number of fused-ring (bicyclic) bond motifs is 1. The second-order valence-corrected chi connectivity index (χ2v) is 4.82. The minimum absolute atomic E-state index is 0.197. The van der Waals surface area contributed by atoms with Crippen molar-refractivity contribution in [2.24, 2.45) is 0 Å². The molecule has 2 heterocycles. The standard InChI is InChI=1S/C13H11BN2O3.2C2H6/c14-8-2-1-7-6-16(13(19)9(7)5-8)10-3-4-11(17)15-12(10)18;2*1-2/h1-2,5,10H,3-4,6H2,(H,15,17,18);2*1-2H3. The molecule has 1 N–H and O–H groups in total. The number of carbonyl (C=O) groups is 3. The summed E-state index contributed by atoms with van der Waals surface area (Å²) in [5.41, 5.74) is 1.94. The molecule has 1 aromatic carbocycles. The van der Waals surface area contributed by atoms with Crippen LogP contribution in [-0.2, 0) is 16.1 Å². The molecule has 0 spiro atoms. The number of carbonyl (C=O) groups excluding carboxylic acids is 3. The van der Waals surface area contributed by atoms with Crippen molar-refractivity contribution in [3.8, 4) is 0 Å². The molecule has 6 heteroatoms. The van der Waals surface area contributed by atoms with Gasteiger partial charge in [0.15, 0.2) is 0 Å². The molecule has 5 nitrogen and oxygen atoms in total. The molecule has 1 unspecified atom stereocenters. The molecule has 1 fully saturated rings. The molecule has 1 atom stereocenters. The SMILES string of the molecule is CC.CC.[B]c1ccc2c(c1)C(=O)N(C1CCC(=O)NC1=O)C2. The largest absolute Gasteiger partial charge is 0.322 e. The highest BCUT2D eigenvalue weighted by Gasteiger charge is 2.38. The zero-order chi connectivity index (χ0) is 17.6. The molecule has 2 radical (unpaired) electrons. The van der Waals surface area contributed by atoms with Crippen LogP contribution < -0.4 is 10.8 Å². The topological polar surface area (TPSA) is 66.5 Å². The highest BCUT2D eigenvalue weighted by atomic mass is 16.2. The predicted molar refractivity (Wildman–Crippen MR) is 90.6 cm³/mol. The fourth-order valence-electron chi connectivity index (χ4n) is 2.57. The van der Waals surface area contributed by atoms with Gasteiger partial charge in [0.25, 0.3) is 5.91 Å². The Kier molecular flexibility index (Phi) is 7.01. The Bertz CT molecular complexity index is 602. The summed E-state index contributed by atoms with van der Waals surface area (Å²) in [4.78, 5) is 36.7. The molecule has 122 valence electrons. The molecule has 23 heavy (non-hydrogen) atoms. The van der Waals surface area contributed by atoms with Crippen molar-refractivity contribution < 1.29 is 14.4 Å². The van der Waals surface area contributed by atoms with Gasteiger partial charge in [0, 0.05) is 18.5 Å². The van der Waals surface area contributed by atoms with E-state index in [1.54, 1.807) is 18.2 Å². The van der Waals surface area contributed by atoms with Crippen LogP contribution >= 0.6 is 0 Å². The molecule has 3 rings (SSSR count). The van der Waals surface area contributed by atoms with Crippen LogP contribution in [0.25, 0.3) is 0 Å². The Balaban J connectivity index is 0.000000615. The fraction of sp³-hybridized carbons (Fsp3) is 0.471. The highest BCUT2D eigenvalue weighted by Crippen LogP contribution is 2.26. The number of hydrogen-bond acceptors (Lipinski definition) is 3. The average Bonchev–Trinajstić information content (AvgIpc) is 2.88. The maximum atomic E-state index is 12.3. The van der Waals surface area contributed by atoms with Gasteiger partial charge in [0.05, 0.1) is 0 Å². The minimum Gasteiger partial charge on any atom is -0.322 e. The maximum Gasteiger partial charge on any atom is 0.255 e. The third-order valence-electron chi connectivity index (χ3n) is 3.55. The number of hydrogen-bond donors (Lipinski definition) is 1. The lowest BCUT2D eigenvalue weighted by Crippen LogP contribution is -2.52. The number of nitrogens with zero attached hydrogens (tertiary/aromatic N) is 1. The number of piperidine rings is 1. The molecule has 0 aliphatic carbocycles. The fourth-order valence-corrected chi connectivity index (χ4v) is 2.57. The normalized spacial score (nSPS) is 19.0. The second kappa shape index (κ2) is 8.51. The van der Waals surface area contributed by atoms with Gasteiger partial charge >= 0.3 is 0 Å². The maximum absolute atomic E-state index is 12.3. The second-order valence-electron chi connectivity index (χ2n) is 4.82. The van der Waals surface area contributed by atoms with Gasteiger partial charge in [-0.25, -0.2) is 0 Å². The lowest BCUT2D eigenvalue weighted by Gasteiger charge is -2.29. The van der Waals surface area contributed by atoms with E-state index >= 15 is 0 Å².